The minimum Gasteiger partial charge on any atom is -0.484 e. The smallest absolute Gasteiger partial charge is 0.135 e. The van der Waals surface area contributed by atoms with Gasteiger partial charge in [0.15, 0.2) is 0 Å². The summed E-state index contributed by atoms with van der Waals surface area (Å²) in [6.45, 7) is 3.10. The van der Waals surface area contributed by atoms with E-state index in [1.165, 1.54) is 10.4 Å². The van der Waals surface area contributed by atoms with E-state index in [-0.39, 0.29) is 6.10 Å². The second-order valence-corrected chi connectivity index (χ2v) is 8.19. The van der Waals surface area contributed by atoms with Gasteiger partial charge in [-0.25, -0.2) is 0 Å². The lowest BCUT2D eigenvalue weighted by molar-refractivity contribution is 0.155. The average Bonchev–Trinajstić information content (AvgIpc) is 2.86. The number of hydrogen-bond acceptors (Lipinski definition) is 3. The van der Waals surface area contributed by atoms with Gasteiger partial charge in [0.1, 0.15) is 11.9 Å². The van der Waals surface area contributed by atoms with Crippen LogP contribution in [0.1, 0.15) is 35.9 Å². The Morgan fingerprint density at radius 3 is 2.85 bits per heavy atom. The fraction of sp³-hybridized carbons (Fsp3) is 0.333. The Labute approximate surface area is 139 Å². The molecule has 0 aliphatic carbocycles. The molecule has 2 heterocycles. The minimum atomic E-state index is 0.129. The van der Waals surface area contributed by atoms with Crippen LogP contribution in [0.2, 0.25) is 0 Å². The number of thiophene rings is 1. The topological polar surface area (TPSA) is 21.3 Å². The molecule has 0 fully saturated rings. The summed E-state index contributed by atoms with van der Waals surface area (Å²) in [6, 6.07) is 10.8. The zero-order valence-electron chi connectivity index (χ0n) is 11.0. The van der Waals surface area contributed by atoms with Crippen molar-refractivity contribution < 1.29 is 4.74 Å². The molecular formula is C15H15Br2NOS. The molecule has 20 heavy (non-hydrogen) atoms. The van der Waals surface area contributed by atoms with Crippen molar-refractivity contribution in [2.45, 2.75) is 25.5 Å². The van der Waals surface area contributed by atoms with Crippen LogP contribution in [-0.2, 0) is 0 Å². The third-order valence-electron chi connectivity index (χ3n) is 3.43. The largest absolute Gasteiger partial charge is 0.484 e. The van der Waals surface area contributed by atoms with Crippen molar-refractivity contribution in [2.75, 3.05) is 6.54 Å². The second-order valence-electron chi connectivity index (χ2n) is 4.78. The first-order chi connectivity index (χ1) is 9.67. The molecule has 106 valence electrons. The number of halogens is 2. The highest BCUT2D eigenvalue weighted by Gasteiger charge is 2.29. The quantitative estimate of drug-likeness (QED) is 0.718. The normalized spacial score (nSPS) is 21.4. The average molecular weight is 417 g/mol. The molecule has 1 aliphatic heterocycles. The lowest BCUT2D eigenvalue weighted by Crippen LogP contribution is -2.28. The fourth-order valence-electron chi connectivity index (χ4n) is 2.56. The Kier molecular flexibility index (Phi) is 4.50. The first kappa shape index (κ1) is 14.6. The first-order valence-electron chi connectivity index (χ1n) is 6.62. The highest BCUT2D eigenvalue weighted by atomic mass is 79.9. The zero-order chi connectivity index (χ0) is 14.1. The van der Waals surface area contributed by atoms with Crippen LogP contribution in [0.4, 0.5) is 0 Å². The molecule has 1 aromatic heterocycles. The highest BCUT2D eigenvalue weighted by Crippen LogP contribution is 2.43. The van der Waals surface area contributed by atoms with Crippen molar-refractivity contribution in [3.63, 3.8) is 0 Å². The van der Waals surface area contributed by atoms with E-state index in [9.17, 15) is 0 Å². The Morgan fingerprint density at radius 1 is 1.30 bits per heavy atom. The summed E-state index contributed by atoms with van der Waals surface area (Å²) < 4.78 is 8.44. The van der Waals surface area contributed by atoms with Gasteiger partial charge in [0.25, 0.3) is 0 Å². The van der Waals surface area contributed by atoms with Crippen molar-refractivity contribution in [1.82, 2.24) is 5.32 Å². The molecule has 5 heteroatoms. The number of rotatable bonds is 3. The molecule has 2 nitrogen and oxygen atoms in total. The lowest BCUT2D eigenvalue weighted by atomic mass is 9.96. The number of ether oxygens (including phenoxy) is 1. The van der Waals surface area contributed by atoms with E-state index in [0.29, 0.717) is 6.04 Å². The maximum Gasteiger partial charge on any atom is 0.135 e. The second kappa shape index (κ2) is 6.18. The molecule has 0 saturated heterocycles. The molecule has 2 atom stereocenters. The van der Waals surface area contributed by atoms with E-state index in [0.717, 1.165) is 27.0 Å². The summed E-state index contributed by atoms with van der Waals surface area (Å²) in [6.07, 6.45) is 1.09. The molecule has 0 spiro atoms. The Morgan fingerprint density at radius 2 is 2.15 bits per heavy atom. The molecule has 1 aromatic carbocycles. The maximum absolute atomic E-state index is 6.19. The van der Waals surface area contributed by atoms with Crippen LogP contribution in [0.5, 0.6) is 5.75 Å². The van der Waals surface area contributed by atoms with Crippen molar-refractivity contribution in [3.8, 4) is 5.75 Å². The number of hydrogen-bond donors (Lipinski definition) is 1. The predicted molar refractivity (Wildman–Crippen MR) is 90.6 cm³/mol. The van der Waals surface area contributed by atoms with E-state index in [2.05, 4.69) is 68.4 Å². The summed E-state index contributed by atoms with van der Waals surface area (Å²) in [5.74, 6) is 0.986. The van der Waals surface area contributed by atoms with Gasteiger partial charge in [-0.15, -0.1) is 11.3 Å². The van der Waals surface area contributed by atoms with Gasteiger partial charge in [0.2, 0.25) is 0 Å². The van der Waals surface area contributed by atoms with E-state index in [1.807, 2.05) is 6.07 Å². The summed E-state index contributed by atoms with van der Waals surface area (Å²) in [4.78, 5) is 1.27. The van der Waals surface area contributed by atoms with E-state index >= 15 is 0 Å². The van der Waals surface area contributed by atoms with Crippen molar-refractivity contribution >= 4 is 43.2 Å². The number of nitrogens with one attached hydrogen (secondary N) is 1. The summed E-state index contributed by atoms with van der Waals surface area (Å²) in [5.41, 5.74) is 1.24. The van der Waals surface area contributed by atoms with E-state index in [1.54, 1.807) is 11.3 Å². The molecule has 0 saturated carbocycles. The molecule has 2 unspecified atom stereocenters. The molecule has 0 bridgehead atoms. The van der Waals surface area contributed by atoms with Gasteiger partial charge in [-0.3, -0.25) is 0 Å². The summed E-state index contributed by atoms with van der Waals surface area (Å²) in [7, 11) is 0. The Bertz CT molecular complexity index is 614. The van der Waals surface area contributed by atoms with E-state index in [4.69, 9.17) is 4.74 Å². The van der Waals surface area contributed by atoms with Gasteiger partial charge in [0.05, 0.1) is 3.79 Å². The number of fused-ring (bicyclic) bond motifs is 1. The highest BCUT2D eigenvalue weighted by molar-refractivity contribution is 9.11. The van der Waals surface area contributed by atoms with Gasteiger partial charge >= 0.3 is 0 Å². The zero-order valence-corrected chi connectivity index (χ0v) is 15.0. The Hall–Kier alpha value is -0.360. The molecular weight excluding hydrogens is 402 g/mol. The molecule has 1 aliphatic rings. The number of benzene rings is 1. The van der Waals surface area contributed by atoms with Gasteiger partial charge in [-0.2, -0.15) is 0 Å². The minimum absolute atomic E-state index is 0.129. The summed E-state index contributed by atoms with van der Waals surface area (Å²) in [5, 5.41) is 3.57. The van der Waals surface area contributed by atoms with Crippen LogP contribution in [-0.4, -0.2) is 6.54 Å². The Balaban J connectivity index is 1.94. The molecule has 2 aromatic rings. The van der Waals surface area contributed by atoms with Crippen LogP contribution in [0.3, 0.4) is 0 Å². The van der Waals surface area contributed by atoms with Crippen LogP contribution in [0.25, 0.3) is 0 Å². The van der Waals surface area contributed by atoms with Crippen molar-refractivity contribution in [1.29, 1.82) is 0 Å². The van der Waals surface area contributed by atoms with Crippen LogP contribution in [0, 0.1) is 0 Å². The fourth-order valence-corrected chi connectivity index (χ4v) is 4.40. The van der Waals surface area contributed by atoms with Crippen LogP contribution in [0.15, 0.2) is 38.6 Å². The monoisotopic (exact) mass is 415 g/mol. The van der Waals surface area contributed by atoms with Crippen molar-refractivity contribution in [3.05, 3.63) is 49.0 Å². The van der Waals surface area contributed by atoms with Gasteiger partial charge < -0.3 is 10.1 Å². The standard InChI is InChI=1S/C15H15Br2NOS/c1-2-18-11-8-13(14-5-6-15(17)20-14)19-12-4-3-9(16)7-10(11)12/h3-7,11,13,18H,2,8H2,1H3. The molecule has 1 N–H and O–H groups in total. The SMILES string of the molecule is CCNC1CC(c2ccc(Br)s2)Oc2ccc(Br)cc21. The van der Waals surface area contributed by atoms with Gasteiger partial charge in [0, 0.05) is 27.4 Å². The maximum atomic E-state index is 6.19. The molecule has 0 radical (unpaired) electrons. The van der Waals surface area contributed by atoms with E-state index < -0.39 is 0 Å². The van der Waals surface area contributed by atoms with Crippen LogP contribution < -0.4 is 10.1 Å². The van der Waals surface area contributed by atoms with Crippen molar-refractivity contribution in [2.24, 2.45) is 0 Å². The van der Waals surface area contributed by atoms with Gasteiger partial charge in [-0.05, 0) is 52.8 Å². The van der Waals surface area contributed by atoms with Gasteiger partial charge in [-0.1, -0.05) is 22.9 Å². The summed E-state index contributed by atoms with van der Waals surface area (Å²) >= 11 is 8.82. The molecule has 0 amide bonds. The van der Waals surface area contributed by atoms with Crippen LogP contribution >= 0.6 is 43.2 Å². The third-order valence-corrected chi connectivity index (χ3v) is 5.64. The predicted octanol–water partition coefficient (Wildman–Crippen LogP) is 5.45. The first-order valence-corrected chi connectivity index (χ1v) is 9.02. The lowest BCUT2D eigenvalue weighted by Gasteiger charge is -2.32. The third kappa shape index (κ3) is 2.96. The molecule has 3 rings (SSSR count).